The highest BCUT2D eigenvalue weighted by molar-refractivity contribution is 6.04. The van der Waals surface area contributed by atoms with Crippen LogP contribution in [0, 0.1) is 31.1 Å². The van der Waals surface area contributed by atoms with Gasteiger partial charge in [-0.2, -0.15) is 5.26 Å². The number of benzene rings is 1. The van der Waals surface area contributed by atoms with Gasteiger partial charge in [-0.3, -0.25) is 9.59 Å². The first kappa shape index (κ1) is 25.0. The maximum atomic E-state index is 12.9. The summed E-state index contributed by atoms with van der Waals surface area (Å²) in [5.41, 5.74) is 4.76. The van der Waals surface area contributed by atoms with Gasteiger partial charge < -0.3 is 14.2 Å². The minimum atomic E-state index is -1.05. The number of amides is 1. The molecule has 1 amide bonds. The van der Waals surface area contributed by atoms with E-state index in [-0.39, 0.29) is 17.3 Å². The van der Waals surface area contributed by atoms with Gasteiger partial charge in [0, 0.05) is 42.7 Å². The molecular weight excluding hydrogens is 430 g/mol. The molecule has 0 spiro atoms. The fourth-order valence-corrected chi connectivity index (χ4v) is 4.31. The van der Waals surface area contributed by atoms with Gasteiger partial charge in [0.2, 0.25) is 11.7 Å². The Labute approximate surface area is 200 Å². The lowest BCUT2D eigenvalue weighted by Crippen LogP contribution is -2.26. The Kier molecular flexibility index (Phi) is 7.41. The van der Waals surface area contributed by atoms with Crippen LogP contribution in [-0.4, -0.2) is 34.9 Å². The van der Waals surface area contributed by atoms with Crippen LogP contribution in [0.25, 0.3) is 6.08 Å². The van der Waals surface area contributed by atoms with Crippen LogP contribution in [0.3, 0.4) is 0 Å². The number of nitriles is 1. The lowest BCUT2D eigenvalue weighted by Gasteiger charge is -2.16. The Bertz CT molecular complexity index is 1210. The molecule has 1 atom stereocenters. The second kappa shape index (κ2) is 10.1. The molecule has 7 heteroatoms. The molecule has 1 aromatic heterocycles. The number of ketones is 1. The van der Waals surface area contributed by atoms with Gasteiger partial charge in [0.25, 0.3) is 0 Å². The van der Waals surface area contributed by atoms with Gasteiger partial charge in [0.15, 0.2) is 6.10 Å². The number of esters is 1. The topological polar surface area (TPSA) is 92.4 Å². The zero-order valence-corrected chi connectivity index (χ0v) is 20.6. The number of hydrogen-bond acceptors (Lipinski definition) is 5. The van der Waals surface area contributed by atoms with Crippen LogP contribution in [-0.2, 0) is 27.3 Å². The zero-order chi connectivity index (χ0) is 25.2. The Balaban J connectivity index is 1.75. The Morgan fingerprint density at radius 3 is 2.50 bits per heavy atom. The molecule has 7 nitrogen and oxygen atoms in total. The molecule has 1 aliphatic rings. The maximum Gasteiger partial charge on any atom is 0.349 e. The van der Waals surface area contributed by atoms with Crippen LogP contribution >= 0.6 is 0 Å². The summed E-state index contributed by atoms with van der Waals surface area (Å²) in [6.45, 7) is 12.6. The van der Waals surface area contributed by atoms with Gasteiger partial charge in [-0.05, 0) is 74.6 Å². The van der Waals surface area contributed by atoms with E-state index < -0.39 is 12.1 Å². The zero-order valence-electron chi connectivity index (χ0n) is 20.6. The van der Waals surface area contributed by atoms with E-state index >= 15 is 0 Å². The lowest BCUT2D eigenvalue weighted by atomic mass is 10.0. The molecule has 0 N–H and O–H groups in total. The van der Waals surface area contributed by atoms with Crippen molar-refractivity contribution in [2.45, 2.75) is 60.6 Å². The summed E-state index contributed by atoms with van der Waals surface area (Å²) in [5, 5.41) is 9.57. The van der Waals surface area contributed by atoms with Crippen molar-refractivity contribution in [2.24, 2.45) is 5.92 Å². The summed E-state index contributed by atoms with van der Waals surface area (Å²) in [7, 11) is 0. The number of fused-ring (bicyclic) bond motifs is 1. The number of ether oxygens (including phenoxy) is 1. The van der Waals surface area contributed by atoms with Gasteiger partial charge in [-0.15, -0.1) is 0 Å². The van der Waals surface area contributed by atoms with Crippen LogP contribution in [0.2, 0.25) is 0 Å². The number of rotatable bonds is 7. The van der Waals surface area contributed by atoms with Crippen molar-refractivity contribution in [1.82, 2.24) is 4.57 Å². The van der Waals surface area contributed by atoms with E-state index in [0.717, 1.165) is 34.7 Å². The summed E-state index contributed by atoms with van der Waals surface area (Å²) in [5.74, 6) is -0.773. The molecule has 0 fully saturated rings. The number of Topliss-reactive ketones (excluding diaryl/α,β-unsaturated/α-hetero) is 1. The molecule has 34 heavy (non-hydrogen) atoms. The number of aromatic nitrogens is 1. The third kappa shape index (κ3) is 5.12. The van der Waals surface area contributed by atoms with Gasteiger partial charge in [-0.1, -0.05) is 13.8 Å². The minimum absolute atomic E-state index is 0.0408. The Hall–Kier alpha value is -3.66. The van der Waals surface area contributed by atoms with E-state index in [1.165, 1.54) is 19.9 Å². The molecule has 0 saturated heterocycles. The average molecular weight is 462 g/mol. The average Bonchev–Trinajstić information content (AvgIpc) is 3.32. The van der Waals surface area contributed by atoms with Crippen LogP contribution < -0.4 is 4.90 Å². The first-order valence-corrected chi connectivity index (χ1v) is 11.5. The summed E-state index contributed by atoms with van der Waals surface area (Å²) in [6, 6.07) is 8.98. The lowest BCUT2D eigenvalue weighted by molar-refractivity contribution is -0.141. The molecule has 178 valence electrons. The standard InChI is InChI=1S/C27H31N3O4/c1-16(2)15-30-17(3)11-23(18(30)4)13-24(14-28)27(33)34-19(5)26(32)22-7-8-25-21(12-22)9-10-29(25)20(6)31/h7-8,11-13,16,19H,9-10,15H2,1-6H3/b24-13+. The third-order valence-electron chi connectivity index (χ3n) is 6.09. The Morgan fingerprint density at radius 1 is 1.18 bits per heavy atom. The molecule has 0 aliphatic carbocycles. The highest BCUT2D eigenvalue weighted by Crippen LogP contribution is 2.29. The van der Waals surface area contributed by atoms with Crippen molar-refractivity contribution in [3.63, 3.8) is 0 Å². The molecule has 1 unspecified atom stereocenters. The highest BCUT2D eigenvalue weighted by Gasteiger charge is 2.26. The van der Waals surface area contributed by atoms with Crippen molar-refractivity contribution in [2.75, 3.05) is 11.4 Å². The largest absolute Gasteiger partial charge is 0.450 e. The molecule has 3 rings (SSSR count). The maximum absolute atomic E-state index is 12.9. The fourth-order valence-electron chi connectivity index (χ4n) is 4.31. The molecule has 1 aliphatic heterocycles. The molecule has 2 aromatic rings. The fraction of sp³-hybridized carbons (Fsp3) is 0.407. The van der Waals surface area contributed by atoms with Crippen molar-refractivity contribution >= 4 is 29.4 Å². The molecule has 0 bridgehead atoms. The first-order valence-electron chi connectivity index (χ1n) is 11.5. The number of aryl methyl sites for hydroxylation is 1. The highest BCUT2D eigenvalue weighted by atomic mass is 16.5. The van der Waals surface area contributed by atoms with Gasteiger partial charge in [0.1, 0.15) is 11.6 Å². The van der Waals surface area contributed by atoms with E-state index in [1.807, 2.05) is 26.0 Å². The smallest absolute Gasteiger partial charge is 0.349 e. The van der Waals surface area contributed by atoms with Crippen LogP contribution in [0.5, 0.6) is 0 Å². The minimum Gasteiger partial charge on any atom is -0.450 e. The van der Waals surface area contributed by atoms with Crippen LogP contribution in [0.4, 0.5) is 5.69 Å². The van der Waals surface area contributed by atoms with Crippen molar-refractivity contribution < 1.29 is 19.1 Å². The number of nitrogens with zero attached hydrogens (tertiary/aromatic N) is 3. The van der Waals surface area contributed by atoms with Crippen molar-refractivity contribution in [1.29, 1.82) is 5.26 Å². The summed E-state index contributed by atoms with van der Waals surface area (Å²) in [4.78, 5) is 39.0. The second-order valence-electron chi connectivity index (χ2n) is 9.18. The van der Waals surface area contributed by atoms with E-state index in [0.29, 0.717) is 24.4 Å². The van der Waals surface area contributed by atoms with E-state index in [9.17, 15) is 19.6 Å². The van der Waals surface area contributed by atoms with Crippen molar-refractivity contribution in [3.05, 3.63) is 57.9 Å². The van der Waals surface area contributed by atoms with Crippen LogP contribution in [0.15, 0.2) is 29.8 Å². The SMILES string of the molecule is CC(=O)N1CCc2cc(C(=O)C(C)OC(=O)/C(C#N)=C/c3cc(C)n(CC(C)C)c3C)ccc21. The van der Waals surface area contributed by atoms with Crippen molar-refractivity contribution in [3.8, 4) is 6.07 Å². The van der Waals surface area contributed by atoms with E-state index in [1.54, 1.807) is 23.1 Å². The first-order chi connectivity index (χ1) is 16.0. The second-order valence-corrected chi connectivity index (χ2v) is 9.18. The summed E-state index contributed by atoms with van der Waals surface area (Å²) < 4.78 is 7.52. The molecule has 2 heterocycles. The Morgan fingerprint density at radius 2 is 1.88 bits per heavy atom. The number of anilines is 1. The quantitative estimate of drug-likeness (QED) is 0.264. The van der Waals surface area contributed by atoms with Gasteiger partial charge >= 0.3 is 5.97 Å². The predicted octanol–water partition coefficient (Wildman–Crippen LogP) is 4.39. The summed E-state index contributed by atoms with van der Waals surface area (Å²) in [6.07, 6.45) is 1.13. The third-order valence-corrected chi connectivity index (χ3v) is 6.09. The van der Waals surface area contributed by atoms with E-state index in [2.05, 4.69) is 18.4 Å². The number of hydrogen-bond donors (Lipinski definition) is 0. The summed E-state index contributed by atoms with van der Waals surface area (Å²) >= 11 is 0. The number of carbonyl (C=O) groups is 3. The normalized spacial score (nSPS) is 14.1. The van der Waals surface area contributed by atoms with Gasteiger partial charge in [-0.25, -0.2) is 4.79 Å². The molecular formula is C27H31N3O4. The monoisotopic (exact) mass is 461 g/mol. The molecule has 1 aromatic carbocycles. The van der Waals surface area contributed by atoms with Gasteiger partial charge in [0.05, 0.1) is 0 Å². The predicted molar refractivity (Wildman–Crippen MR) is 130 cm³/mol. The van der Waals surface area contributed by atoms with E-state index in [4.69, 9.17) is 4.74 Å². The van der Waals surface area contributed by atoms with Crippen LogP contribution in [0.1, 0.15) is 60.6 Å². The molecule has 0 radical (unpaired) electrons. The number of carbonyl (C=O) groups excluding carboxylic acids is 3. The molecule has 0 saturated carbocycles.